The summed E-state index contributed by atoms with van der Waals surface area (Å²) < 4.78 is 0. The fourth-order valence-electron chi connectivity index (χ4n) is 2.10. The molecule has 0 aliphatic carbocycles. The molecule has 0 unspecified atom stereocenters. The Morgan fingerprint density at radius 2 is 1.90 bits per heavy atom. The molecule has 4 heteroatoms. The highest BCUT2D eigenvalue weighted by molar-refractivity contribution is 5.97. The van der Waals surface area contributed by atoms with Gasteiger partial charge >= 0.3 is 0 Å². The van der Waals surface area contributed by atoms with Gasteiger partial charge in [0.05, 0.1) is 0 Å². The van der Waals surface area contributed by atoms with E-state index >= 15 is 0 Å². The number of benzene rings is 1. The number of primary amides is 1. The summed E-state index contributed by atoms with van der Waals surface area (Å²) in [6.45, 7) is 7.49. The second-order valence-electron chi connectivity index (χ2n) is 5.02. The minimum absolute atomic E-state index is 0.265. The highest BCUT2D eigenvalue weighted by Crippen LogP contribution is 2.10. The van der Waals surface area contributed by atoms with Crippen LogP contribution >= 0.6 is 0 Å². The Balaban J connectivity index is 2.74. The van der Waals surface area contributed by atoms with Crippen LogP contribution in [0.2, 0.25) is 0 Å². The fraction of sp³-hybridized carbons (Fsp3) is 0.375. The first-order valence-corrected chi connectivity index (χ1v) is 6.73. The van der Waals surface area contributed by atoms with Crippen LogP contribution < -0.4 is 11.1 Å². The minimum atomic E-state index is -0.636. The first kappa shape index (κ1) is 16.0. The van der Waals surface area contributed by atoms with E-state index in [1.807, 2.05) is 19.9 Å². The number of allylic oxidation sites excluding steroid dienone is 1. The van der Waals surface area contributed by atoms with Crippen LogP contribution in [-0.4, -0.2) is 17.9 Å². The Bertz CT molecular complexity index is 489. The number of unbranched alkanes of at least 4 members (excludes halogenated alkanes) is 1. The molecule has 0 bridgehead atoms. The van der Waals surface area contributed by atoms with E-state index in [-0.39, 0.29) is 5.91 Å². The van der Waals surface area contributed by atoms with Crippen LogP contribution in [0.25, 0.3) is 0 Å². The summed E-state index contributed by atoms with van der Waals surface area (Å²) in [5.41, 5.74) is 7.90. The van der Waals surface area contributed by atoms with Gasteiger partial charge in [0.25, 0.3) is 5.91 Å². The van der Waals surface area contributed by atoms with Gasteiger partial charge in [-0.2, -0.15) is 0 Å². The van der Waals surface area contributed by atoms with Crippen molar-refractivity contribution >= 4 is 11.8 Å². The van der Waals surface area contributed by atoms with E-state index in [0.29, 0.717) is 12.0 Å². The Morgan fingerprint density at radius 1 is 1.30 bits per heavy atom. The molecule has 0 radical (unpaired) electrons. The lowest BCUT2D eigenvalue weighted by Gasteiger charge is -2.15. The van der Waals surface area contributed by atoms with Gasteiger partial charge in [0.15, 0.2) is 0 Å². The monoisotopic (exact) mass is 274 g/mol. The van der Waals surface area contributed by atoms with Gasteiger partial charge in [-0.05, 0) is 45.2 Å². The maximum Gasteiger partial charge on any atom is 0.251 e. The van der Waals surface area contributed by atoms with Gasteiger partial charge in [-0.1, -0.05) is 23.3 Å². The van der Waals surface area contributed by atoms with Gasteiger partial charge in [-0.15, -0.1) is 6.58 Å². The summed E-state index contributed by atoms with van der Waals surface area (Å²) in [7, 11) is 0. The van der Waals surface area contributed by atoms with Crippen molar-refractivity contribution in [1.82, 2.24) is 5.32 Å². The van der Waals surface area contributed by atoms with E-state index in [9.17, 15) is 9.59 Å². The van der Waals surface area contributed by atoms with Crippen molar-refractivity contribution < 1.29 is 9.59 Å². The minimum Gasteiger partial charge on any atom is -0.368 e. The van der Waals surface area contributed by atoms with E-state index < -0.39 is 11.9 Å². The SMILES string of the molecule is C=CCCC[C@H](NC(=O)c1cc(C)cc(C)c1)C(N)=O. The average Bonchev–Trinajstić information content (AvgIpc) is 2.36. The van der Waals surface area contributed by atoms with Crippen molar-refractivity contribution in [3.63, 3.8) is 0 Å². The van der Waals surface area contributed by atoms with Crippen LogP contribution in [-0.2, 0) is 4.79 Å². The number of nitrogens with two attached hydrogens (primary N) is 1. The molecule has 0 fully saturated rings. The normalized spacial score (nSPS) is 11.7. The summed E-state index contributed by atoms with van der Waals surface area (Å²) in [6, 6.07) is 4.95. The van der Waals surface area contributed by atoms with Crippen molar-refractivity contribution in [2.75, 3.05) is 0 Å². The molecule has 1 atom stereocenters. The maximum absolute atomic E-state index is 12.2. The third kappa shape index (κ3) is 4.88. The van der Waals surface area contributed by atoms with Gasteiger partial charge < -0.3 is 11.1 Å². The van der Waals surface area contributed by atoms with Crippen LogP contribution in [0.15, 0.2) is 30.9 Å². The van der Waals surface area contributed by atoms with Crippen molar-refractivity contribution in [3.05, 3.63) is 47.5 Å². The Morgan fingerprint density at radius 3 is 2.40 bits per heavy atom. The van der Waals surface area contributed by atoms with Gasteiger partial charge in [-0.25, -0.2) is 0 Å². The van der Waals surface area contributed by atoms with Crippen LogP contribution in [0.4, 0.5) is 0 Å². The van der Waals surface area contributed by atoms with E-state index in [0.717, 1.165) is 24.0 Å². The number of hydrogen-bond acceptors (Lipinski definition) is 2. The zero-order chi connectivity index (χ0) is 15.1. The van der Waals surface area contributed by atoms with Crippen LogP contribution in [0.5, 0.6) is 0 Å². The molecule has 0 aliphatic heterocycles. The topological polar surface area (TPSA) is 72.2 Å². The highest BCUT2D eigenvalue weighted by atomic mass is 16.2. The smallest absolute Gasteiger partial charge is 0.251 e. The summed E-state index contributed by atoms with van der Waals surface area (Å²) >= 11 is 0. The lowest BCUT2D eigenvalue weighted by molar-refractivity contribution is -0.120. The molecular formula is C16H22N2O2. The second kappa shape index (κ2) is 7.48. The predicted molar refractivity (Wildman–Crippen MR) is 80.4 cm³/mol. The third-order valence-corrected chi connectivity index (χ3v) is 3.03. The highest BCUT2D eigenvalue weighted by Gasteiger charge is 2.18. The quantitative estimate of drug-likeness (QED) is 0.591. The molecule has 1 aromatic carbocycles. The molecule has 0 aliphatic rings. The number of hydrogen-bond donors (Lipinski definition) is 2. The van der Waals surface area contributed by atoms with Crippen molar-refractivity contribution in [2.45, 2.75) is 39.2 Å². The van der Waals surface area contributed by atoms with Crippen molar-refractivity contribution in [2.24, 2.45) is 5.73 Å². The number of carbonyl (C=O) groups excluding carboxylic acids is 2. The predicted octanol–water partition coefficient (Wildman–Crippen LogP) is 2.24. The van der Waals surface area contributed by atoms with Crippen LogP contribution in [0.3, 0.4) is 0 Å². The molecule has 0 saturated heterocycles. The molecule has 0 aromatic heterocycles. The molecule has 1 rings (SSSR count). The number of nitrogens with one attached hydrogen (secondary N) is 1. The molecular weight excluding hydrogens is 252 g/mol. The van der Waals surface area contributed by atoms with E-state index in [4.69, 9.17) is 5.73 Å². The van der Waals surface area contributed by atoms with Gasteiger partial charge in [-0.3, -0.25) is 9.59 Å². The van der Waals surface area contributed by atoms with Gasteiger partial charge in [0.1, 0.15) is 6.04 Å². The lowest BCUT2D eigenvalue weighted by Crippen LogP contribution is -2.44. The summed E-state index contributed by atoms with van der Waals surface area (Å²) in [5.74, 6) is -0.772. The van der Waals surface area contributed by atoms with E-state index in [1.165, 1.54) is 0 Å². The molecule has 3 N–H and O–H groups in total. The van der Waals surface area contributed by atoms with Gasteiger partial charge in [0.2, 0.25) is 5.91 Å². The van der Waals surface area contributed by atoms with Crippen molar-refractivity contribution in [3.8, 4) is 0 Å². The molecule has 0 spiro atoms. The Labute approximate surface area is 120 Å². The second-order valence-corrected chi connectivity index (χ2v) is 5.02. The average molecular weight is 274 g/mol. The van der Waals surface area contributed by atoms with Crippen LogP contribution in [0.1, 0.15) is 40.7 Å². The molecule has 2 amide bonds. The zero-order valence-corrected chi connectivity index (χ0v) is 12.1. The maximum atomic E-state index is 12.2. The third-order valence-electron chi connectivity index (χ3n) is 3.03. The molecule has 20 heavy (non-hydrogen) atoms. The van der Waals surface area contributed by atoms with Gasteiger partial charge in [0, 0.05) is 5.56 Å². The number of aryl methyl sites for hydroxylation is 2. The lowest BCUT2D eigenvalue weighted by atomic mass is 10.1. The van der Waals surface area contributed by atoms with Crippen LogP contribution in [0, 0.1) is 13.8 Å². The van der Waals surface area contributed by atoms with E-state index in [1.54, 1.807) is 18.2 Å². The van der Waals surface area contributed by atoms with E-state index in [2.05, 4.69) is 11.9 Å². The molecule has 0 saturated carbocycles. The number of amides is 2. The summed E-state index contributed by atoms with van der Waals surface area (Å²) in [4.78, 5) is 23.5. The Hall–Kier alpha value is -2.10. The standard InChI is InChI=1S/C16H22N2O2/c1-4-5-6-7-14(15(17)19)18-16(20)13-9-11(2)8-12(3)10-13/h4,8-10,14H,1,5-7H2,2-3H3,(H2,17,19)(H,18,20)/t14-/m0/s1. The number of carbonyl (C=O) groups is 2. The first-order chi connectivity index (χ1) is 9.43. The molecule has 4 nitrogen and oxygen atoms in total. The largest absolute Gasteiger partial charge is 0.368 e. The first-order valence-electron chi connectivity index (χ1n) is 6.73. The Kier molecular flexibility index (Phi) is 5.97. The fourth-order valence-corrected chi connectivity index (χ4v) is 2.10. The zero-order valence-electron chi connectivity index (χ0n) is 12.1. The summed E-state index contributed by atoms with van der Waals surface area (Å²) in [5, 5.41) is 2.70. The molecule has 0 heterocycles. The van der Waals surface area contributed by atoms with Crippen molar-refractivity contribution in [1.29, 1.82) is 0 Å². The number of rotatable bonds is 7. The molecule has 108 valence electrons. The molecule has 1 aromatic rings. The summed E-state index contributed by atoms with van der Waals surface area (Å²) in [6.07, 6.45) is 3.87.